The van der Waals surface area contributed by atoms with Crippen LogP contribution in [-0.4, -0.2) is 0 Å². The van der Waals surface area contributed by atoms with Crippen molar-refractivity contribution in [3.8, 4) is 0 Å². The smallest absolute Gasteiger partial charge is 0.322 e. The summed E-state index contributed by atoms with van der Waals surface area (Å²) in [7, 11) is 0. The summed E-state index contributed by atoms with van der Waals surface area (Å²) in [5, 5.41) is 0. The predicted octanol–water partition coefficient (Wildman–Crippen LogP) is -0.517. The van der Waals surface area contributed by atoms with Crippen LogP contribution < -0.4 is 51.4 Å². The molecular weight excluding hydrogens is 171 g/mol. The summed E-state index contributed by atoms with van der Waals surface area (Å²) in [6, 6.07) is 8.89. The van der Waals surface area contributed by atoms with Gasteiger partial charge >= 0.3 is 51.4 Å². The first-order valence-corrected chi connectivity index (χ1v) is 4.33. The van der Waals surface area contributed by atoms with Gasteiger partial charge in [0.2, 0.25) is 0 Å². The molecular formula is C11H11K. The number of fused-ring (bicyclic) bond motifs is 2. The summed E-state index contributed by atoms with van der Waals surface area (Å²) in [5.41, 5.74) is 3.75. The molecule has 0 saturated heterocycles. The second kappa shape index (κ2) is 3.21. The molecule has 0 amide bonds. The van der Waals surface area contributed by atoms with E-state index in [9.17, 15) is 0 Å². The van der Waals surface area contributed by atoms with E-state index in [1.54, 1.807) is 11.1 Å². The van der Waals surface area contributed by atoms with E-state index >= 15 is 0 Å². The minimum absolute atomic E-state index is 0. The van der Waals surface area contributed by atoms with E-state index in [0.717, 1.165) is 0 Å². The maximum atomic E-state index is 2.46. The monoisotopic (exact) mass is 182 g/mol. The van der Waals surface area contributed by atoms with Crippen LogP contribution in [0.3, 0.4) is 0 Å². The van der Waals surface area contributed by atoms with Crippen molar-refractivity contribution in [2.75, 3.05) is 0 Å². The van der Waals surface area contributed by atoms with E-state index in [2.05, 4.69) is 30.7 Å². The average Bonchev–Trinajstić information content (AvgIpc) is 2.72. The molecule has 1 fully saturated rings. The van der Waals surface area contributed by atoms with Gasteiger partial charge in [-0.2, -0.15) is 11.8 Å². The van der Waals surface area contributed by atoms with Gasteiger partial charge in [0, 0.05) is 0 Å². The van der Waals surface area contributed by atoms with Crippen LogP contribution in [0.25, 0.3) is 0 Å². The van der Waals surface area contributed by atoms with Gasteiger partial charge < -0.3 is 6.42 Å². The van der Waals surface area contributed by atoms with Gasteiger partial charge in [-0.05, 0) is 12.0 Å². The van der Waals surface area contributed by atoms with Crippen LogP contribution in [0.5, 0.6) is 0 Å². The van der Waals surface area contributed by atoms with E-state index < -0.39 is 0 Å². The molecule has 1 unspecified atom stereocenters. The Bertz CT molecular complexity index is 300. The molecule has 0 aliphatic heterocycles. The number of aryl methyl sites for hydroxylation is 1. The summed E-state index contributed by atoms with van der Waals surface area (Å²) in [6.45, 7) is 0. The van der Waals surface area contributed by atoms with E-state index in [1.165, 1.54) is 19.3 Å². The van der Waals surface area contributed by atoms with Crippen molar-refractivity contribution in [3.05, 3.63) is 41.8 Å². The van der Waals surface area contributed by atoms with Crippen molar-refractivity contribution in [3.63, 3.8) is 0 Å². The minimum atomic E-state index is 0. The Morgan fingerprint density at radius 1 is 1.25 bits per heavy atom. The topological polar surface area (TPSA) is 0 Å². The van der Waals surface area contributed by atoms with Crippen molar-refractivity contribution in [2.45, 2.75) is 24.7 Å². The average molecular weight is 182 g/mol. The van der Waals surface area contributed by atoms with Crippen LogP contribution in [0, 0.1) is 6.42 Å². The van der Waals surface area contributed by atoms with Crippen LogP contribution in [0.1, 0.15) is 24.0 Å². The maximum Gasteiger partial charge on any atom is 1.00 e. The normalized spacial score (nSPS) is 29.7. The molecule has 1 heteroatoms. The Balaban J connectivity index is 0.000000563. The molecule has 3 rings (SSSR count). The molecule has 1 spiro atoms. The van der Waals surface area contributed by atoms with Gasteiger partial charge in [-0.25, -0.2) is 0 Å². The fourth-order valence-corrected chi connectivity index (χ4v) is 2.26. The SMILES string of the molecule is [K+].c1ccc2c(c1)CCC21[CH-]C1. The van der Waals surface area contributed by atoms with Crippen LogP contribution in [-0.2, 0) is 11.8 Å². The molecule has 1 aromatic rings. The Morgan fingerprint density at radius 2 is 2.00 bits per heavy atom. The zero-order chi connectivity index (χ0) is 7.31. The van der Waals surface area contributed by atoms with E-state index in [1.807, 2.05) is 0 Å². The Kier molecular flexibility index (Phi) is 2.52. The molecule has 2 aliphatic rings. The molecule has 0 bridgehead atoms. The van der Waals surface area contributed by atoms with Gasteiger partial charge in [0.05, 0.1) is 0 Å². The summed E-state index contributed by atoms with van der Waals surface area (Å²) in [6.07, 6.45) is 6.45. The second-order valence-electron chi connectivity index (χ2n) is 3.72. The fraction of sp³-hybridized carbons (Fsp3) is 0.364. The Hall–Kier alpha value is 0.856. The van der Waals surface area contributed by atoms with Gasteiger partial charge in [0.1, 0.15) is 0 Å². The number of benzene rings is 1. The van der Waals surface area contributed by atoms with Gasteiger partial charge in [0.15, 0.2) is 0 Å². The van der Waals surface area contributed by atoms with E-state index in [-0.39, 0.29) is 51.4 Å². The molecule has 0 nitrogen and oxygen atoms in total. The quantitative estimate of drug-likeness (QED) is 0.374. The molecule has 0 N–H and O–H groups in total. The predicted molar refractivity (Wildman–Crippen MR) is 45.4 cm³/mol. The van der Waals surface area contributed by atoms with Crippen LogP contribution in [0.4, 0.5) is 0 Å². The number of rotatable bonds is 0. The standard InChI is InChI=1S/C11H11.K/c1-2-4-10-9(3-1)5-6-11(10)7-8-11;/h1-4,7H,5-6,8H2;/q-1;+1. The summed E-state index contributed by atoms with van der Waals surface area (Å²) in [5.74, 6) is 0. The largest absolute Gasteiger partial charge is 1.00 e. The summed E-state index contributed by atoms with van der Waals surface area (Å²) >= 11 is 0. The van der Waals surface area contributed by atoms with Crippen LogP contribution >= 0.6 is 0 Å². The van der Waals surface area contributed by atoms with Crippen molar-refractivity contribution in [2.24, 2.45) is 0 Å². The second-order valence-corrected chi connectivity index (χ2v) is 3.72. The molecule has 12 heavy (non-hydrogen) atoms. The molecule has 0 radical (unpaired) electrons. The third-order valence-electron chi connectivity index (χ3n) is 3.09. The van der Waals surface area contributed by atoms with Crippen LogP contribution in [0.2, 0.25) is 0 Å². The molecule has 1 atom stereocenters. The zero-order valence-corrected chi connectivity index (χ0v) is 10.6. The zero-order valence-electron chi connectivity index (χ0n) is 7.51. The third kappa shape index (κ3) is 1.27. The number of hydrogen-bond acceptors (Lipinski definition) is 0. The minimum Gasteiger partial charge on any atom is -0.322 e. The van der Waals surface area contributed by atoms with Crippen molar-refractivity contribution in [1.29, 1.82) is 0 Å². The molecule has 0 heterocycles. The third-order valence-corrected chi connectivity index (χ3v) is 3.09. The van der Waals surface area contributed by atoms with Gasteiger partial charge in [-0.1, -0.05) is 36.2 Å². The molecule has 56 valence electrons. The Labute approximate surface area is 116 Å². The maximum absolute atomic E-state index is 2.46. The first-order chi connectivity index (χ1) is 5.41. The van der Waals surface area contributed by atoms with Crippen molar-refractivity contribution in [1.82, 2.24) is 0 Å². The number of hydrogen-bond donors (Lipinski definition) is 0. The first-order valence-electron chi connectivity index (χ1n) is 4.33. The van der Waals surface area contributed by atoms with Crippen LogP contribution in [0.15, 0.2) is 24.3 Å². The first kappa shape index (κ1) is 9.41. The summed E-state index contributed by atoms with van der Waals surface area (Å²) in [4.78, 5) is 0. The van der Waals surface area contributed by atoms with E-state index in [4.69, 9.17) is 0 Å². The van der Waals surface area contributed by atoms with Gasteiger partial charge in [0.25, 0.3) is 0 Å². The van der Waals surface area contributed by atoms with Gasteiger partial charge in [-0.3, -0.25) is 0 Å². The molecule has 1 saturated carbocycles. The molecule has 0 aromatic heterocycles. The summed E-state index contributed by atoms with van der Waals surface area (Å²) < 4.78 is 0. The van der Waals surface area contributed by atoms with Gasteiger partial charge in [-0.15, -0.1) is 0 Å². The van der Waals surface area contributed by atoms with Crippen molar-refractivity contribution >= 4 is 0 Å². The van der Waals surface area contributed by atoms with Crippen molar-refractivity contribution < 1.29 is 51.4 Å². The van der Waals surface area contributed by atoms with E-state index in [0.29, 0.717) is 5.41 Å². The molecule has 1 aromatic carbocycles. The Morgan fingerprint density at radius 3 is 2.75 bits per heavy atom. The molecule has 2 aliphatic carbocycles. The fourth-order valence-electron chi connectivity index (χ4n) is 2.26.